The van der Waals surface area contributed by atoms with E-state index < -0.39 is 10.0 Å². The van der Waals surface area contributed by atoms with E-state index in [-0.39, 0.29) is 11.8 Å². The van der Waals surface area contributed by atoms with Crippen molar-refractivity contribution in [3.63, 3.8) is 0 Å². The van der Waals surface area contributed by atoms with E-state index >= 15 is 0 Å². The number of rotatable bonds is 6. The van der Waals surface area contributed by atoms with E-state index in [2.05, 4.69) is 17.0 Å². The SMILES string of the molecule is CNCc1cccc(CS(=O)(=O)NC2CC(C)C2)c1. The summed E-state index contributed by atoms with van der Waals surface area (Å²) in [6.07, 6.45) is 1.91. The lowest BCUT2D eigenvalue weighted by Gasteiger charge is -2.32. The molecule has 4 nitrogen and oxygen atoms in total. The highest BCUT2D eigenvalue weighted by molar-refractivity contribution is 7.88. The first-order valence-electron chi connectivity index (χ1n) is 6.71. The van der Waals surface area contributed by atoms with Crippen LogP contribution in [0.4, 0.5) is 0 Å². The topological polar surface area (TPSA) is 58.2 Å². The molecule has 1 aliphatic carbocycles. The fourth-order valence-corrected chi connectivity index (χ4v) is 3.95. The molecular weight excluding hydrogens is 260 g/mol. The van der Waals surface area contributed by atoms with Crippen molar-refractivity contribution in [3.05, 3.63) is 35.4 Å². The summed E-state index contributed by atoms with van der Waals surface area (Å²) in [5.41, 5.74) is 1.94. The third kappa shape index (κ3) is 4.30. The smallest absolute Gasteiger partial charge is 0.216 e. The first-order chi connectivity index (χ1) is 8.98. The van der Waals surface area contributed by atoms with Crippen LogP contribution in [0.2, 0.25) is 0 Å². The quantitative estimate of drug-likeness (QED) is 0.833. The largest absolute Gasteiger partial charge is 0.316 e. The number of sulfonamides is 1. The molecule has 1 aromatic carbocycles. The minimum atomic E-state index is -3.22. The van der Waals surface area contributed by atoms with Crippen molar-refractivity contribution in [2.24, 2.45) is 5.92 Å². The predicted octanol–water partition coefficient (Wildman–Crippen LogP) is 1.62. The molecule has 0 radical (unpaired) electrons. The van der Waals surface area contributed by atoms with Crippen molar-refractivity contribution in [2.45, 2.75) is 38.1 Å². The van der Waals surface area contributed by atoms with Crippen molar-refractivity contribution in [3.8, 4) is 0 Å². The van der Waals surface area contributed by atoms with E-state index in [0.29, 0.717) is 5.92 Å². The van der Waals surface area contributed by atoms with Gasteiger partial charge in [-0.2, -0.15) is 0 Å². The summed E-state index contributed by atoms with van der Waals surface area (Å²) in [6.45, 7) is 2.90. The minimum Gasteiger partial charge on any atom is -0.316 e. The Kier molecular flexibility index (Phi) is 4.60. The van der Waals surface area contributed by atoms with Crippen LogP contribution in [0.5, 0.6) is 0 Å². The van der Waals surface area contributed by atoms with Gasteiger partial charge in [-0.05, 0) is 36.9 Å². The van der Waals surface area contributed by atoms with Gasteiger partial charge in [-0.3, -0.25) is 0 Å². The van der Waals surface area contributed by atoms with Crippen LogP contribution in [0.1, 0.15) is 30.9 Å². The molecule has 5 heteroatoms. The van der Waals surface area contributed by atoms with E-state index in [0.717, 1.165) is 30.5 Å². The van der Waals surface area contributed by atoms with Gasteiger partial charge in [0.05, 0.1) is 5.75 Å². The molecule has 19 heavy (non-hydrogen) atoms. The molecule has 106 valence electrons. The third-order valence-electron chi connectivity index (χ3n) is 3.45. The number of benzene rings is 1. The normalized spacial score (nSPS) is 23.1. The van der Waals surface area contributed by atoms with Crippen LogP contribution in [0.3, 0.4) is 0 Å². The molecule has 0 atom stereocenters. The zero-order valence-corrected chi connectivity index (χ0v) is 12.3. The van der Waals surface area contributed by atoms with Gasteiger partial charge in [0.15, 0.2) is 0 Å². The maximum Gasteiger partial charge on any atom is 0.216 e. The van der Waals surface area contributed by atoms with Gasteiger partial charge in [0.1, 0.15) is 0 Å². The number of hydrogen-bond donors (Lipinski definition) is 2. The highest BCUT2D eigenvalue weighted by Crippen LogP contribution is 2.27. The molecule has 1 fully saturated rings. The molecule has 0 aliphatic heterocycles. The van der Waals surface area contributed by atoms with Gasteiger partial charge in [-0.1, -0.05) is 31.2 Å². The van der Waals surface area contributed by atoms with Gasteiger partial charge >= 0.3 is 0 Å². The van der Waals surface area contributed by atoms with Gasteiger partial charge in [0.2, 0.25) is 10.0 Å². The van der Waals surface area contributed by atoms with Crippen LogP contribution >= 0.6 is 0 Å². The number of nitrogens with one attached hydrogen (secondary N) is 2. The van der Waals surface area contributed by atoms with E-state index in [1.165, 1.54) is 0 Å². The van der Waals surface area contributed by atoms with E-state index in [1.807, 2.05) is 31.3 Å². The molecule has 0 bridgehead atoms. The van der Waals surface area contributed by atoms with Gasteiger partial charge in [-0.25, -0.2) is 13.1 Å². The standard InChI is InChI=1S/C14H22N2O2S/c1-11-6-14(7-11)16-19(17,18)10-13-5-3-4-12(8-13)9-15-2/h3-5,8,11,14-16H,6-7,9-10H2,1-2H3. The van der Waals surface area contributed by atoms with Crippen molar-refractivity contribution in [2.75, 3.05) is 7.05 Å². The Morgan fingerprint density at radius 3 is 2.58 bits per heavy atom. The van der Waals surface area contributed by atoms with Gasteiger partial charge in [-0.15, -0.1) is 0 Å². The molecule has 0 unspecified atom stereocenters. The minimum absolute atomic E-state index is 0.0649. The molecule has 1 aliphatic rings. The summed E-state index contributed by atoms with van der Waals surface area (Å²) in [5, 5.41) is 3.06. The molecule has 0 spiro atoms. The number of hydrogen-bond acceptors (Lipinski definition) is 3. The maximum atomic E-state index is 12.1. The Labute approximate surface area is 115 Å². The van der Waals surface area contributed by atoms with Crippen molar-refractivity contribution >= 4 is 10.0 Å². The van der Waals surface area contributed by atoms with E-state index in [4.69, 9.17) is 0 Å². The molecule has 2 N–H and O–H groups in total. The monoisotopic (exact) mass is 282 g/mol. The lowest BCUT2D eigenvalue weighted by Crippen LogP contribution is -2.43. The molecule has 0 amide bonds. The third-order valence-corrected chi connectivity index (χ3v) is 4.85. The van der Waals surface area contributed by atoms with Crippen LogP contribution in [-0.2, 0) is 22.3 Å². The Morgan fingerprint density at radius 1 is 1.26 bits per heavy atom. The summed E-state index contributed by atoms with van der Waals surface area (Å²) in [5.74, 6) is 0.710. The van der Waals surface area contributed by atoms with Gasteiger partial charge in [0, 0.05) is 12.6 Å². The molecule has 0 aromatic heterocycles. The lowest BCUT2D eigenvalue weighted by molar-refractivity contribution is 0.270. The molecular formula is C14H22N2O2S. The van der Waals surface area contributed by atoms with Crippen LogP contribution in [0, 0.1) is 5.92 Å². The molecule has 2 rings (SSSR count). The Hall–Kier alpha value is -0.910. The van der Waals surface area contributed by atoms with E-state index in [9.17, 15) is 8.42 Å². The van der Waals surface area contributed by atoms with Crippen molar-refractivity contribution in [1.29, 1.82) is 0 Å². The first kappa shape index (κ1) is 14.5. The summed E-state index contributed by atoms with van der Waals surface area (Å²) < 4.78 is 26.9. The van der Waals surface area contributed by atoms with Crippen LogP contribution in [-0.4, -0.2) is 21.5 Å². The van der Waals surface area contributed by atoms with Gasteiger partial charge < -0.3 is 5.32 Å². The van der Waals surface area contributed by atoms with Crippen LogP contribution < -0.4 is 10.0 Å². The van der Waals surface area contributed by atoms with Gasteiger partial charge in [0.25, 0.3) is 0 Å². The maximum absolute atomic E-state index is 12.1. The summed E-state index contributed by atoms with van der Waals surface area (Å²) in [4.78, 5) is 0. The lowest BCUT2D eigenvalue weighted by atomic mass is 9.83. The second kappa shape index (κ2) is 6.03. The Bertz CT molecular complexity index is 522. The van der Waals surface area contributed by atoms with E-state index in [1.54, 1.807) is 0 Å². The zero-order valence-electron chi connectivity index (χ0n) is 11.5. The average molecular weight is 282 g/mol. The van der Waals surface area contributed by atoms with Crippen LogP contribution in [0.15, 0.2) is 24.3 Å². The Morgan fingerprint density at radius 2 is 1.95 bits per heavy atom. The highest BCUT2D eigenvalue weighted by atomic mass is 32.2. The molecule has 1 saturated carbocycles. The highest BCUT2D eigenvalue weighted by Gasteiger charge is 2.29. The summed E-state index contributed by atoms with van der Waals surface area (Å²) in [7, 11) is -1.34. The second-order valence-corrected chi connectivity index (χ2v) is 7.25. The summed E-state index contributed by atoms with van der Waals surface area (Å²) in [6, 6.07) is 7.85. The Balaban J connectivity index is 1.97. The fraction of sp³-hybridized carbons (Fsp3) is 0.571. The molecule has 1 aromatic rings. The molecule has 0 saturated heterocycles. The zero-order chi connectivity index (χ0) is 13.9. The second-order valence-electron chi connectivity index (χ2n) is 5.50. The molecule has 0 heterocycles. The first-order valence-corrected chi connectivity index (χ1v) is 8.36. The van der Waals surface area contributed by atoms with Crippen LogP contribution in [0.25, 0.3) is 0 Å². The van der Waals surface area contributed by atoms with Crippen molar-refractivity contribution < 1.29 is 8.42 Å². The summed E-state index contributed by atoms with van der Waals surface area (Å²) >= 11 is 0. The fourth-order valence-electron chi connectivity index (χ4n) is 2.55. The van der Waals surface area contributed by atoms with Crippen molar-refractivity contribution in [1.82, 2.24) is 10.0 Å². The predicted molar refractivity (Wildman–Crippen MR) is 77.2 cm³/mol. The average Bonchev–Trinajstić information content (AvgIpc) is 2.26.